The highest BCUT2D eigenvalue weighted by molar-refractivity contribution is 5.52. The number of hydrogen-bond acceptors (Lipinski definition) is 3. The summed E-state index contributed by atoms with van der Waals surface area (Å²) in [5.74, 6) is 1.16. The van der Waals surface area contributed by atoms with E-state index in [1.54, 1.807) is 20.1 Å². The summed E-state index contributed by atoms with van der Waals surface area (Å²) in [5.41, 5.74) is 1.02. The van der Waals surface area contributed by atoms with Crippen molar-refractivity contribution in [2.75, 3.05) is 7.11 Å². The van der Waals surface area contributed by atoms with Crippen molar-refractivity contribution in [2.24, 2.45) is 0 Å². The van der Waals surface area contributed by atoms with Crippen LogP contribution in [0, 0.1) is 13.8 Å². The minimum absolute atomic E-state index is 0.347. The molecule has 0 aliphatic heterocycles. The molecule has 0 aliphatic rings. The van der Waals surface area contributed by atoms with Crippen LogP contribution in [0.5, 0.6) is 5.75 Å². The normalized spacial score (nSPS) is 10.9. The molecule has 0 spiro atoms. The summed E-state index contributed by atoms with van der Waals surface area (Å²) in [6.45, 7) is 5.42. The Morgan fingerprint density at radius 2 is 1.93 bits per heavy atom. The maximum atomic E-state index is 11.4. The van der Waals surface area contributed by atoms with Gasteiger partial charge in [0, 0.05) is 5.56 Å². The first-order chi connectivity index (χ1) is 6.61. The Balaban J connectivity index is 3.50. The molecule has 0 atom stereocenters. The van der Waals surface area contributed by atoms with Gasteiger partial charge in [-0.05, 0) is 26.8 Å². The molecule has 0 amide bonds. The van der Waals surface area contributed by atoms with Crippen molar-refractivity contribution in [1.29, 1.82) is 0 Å². The molecule has 14 heavy (non-hydrogen) atoms. The zero-order chi connectivity index (χ0) is 10.7. The number of allylic oxidation sites excluding steroid dienone is 1. The van der Waals surface area contributed by atoms with E-state index in [4.69, 9.17) is 9.15 Å². The molecule has 1 aromatic rings. The van der Waals surface area contributed by atoms with E-state index in [2.05, 4.69) is 0 Å². The molecule has 0 saturated carbocycles. The quantitative estimate of drug-likeness (QED) is 0.725. The van der Waals surface area contributed by atoms with Gasteiger partial charge in [-0.3, -0.25) is 0 Å². The van der Waals surface area contributed by atoms with Crippen molar-refractivity contribution in [3.05, 3.63) is 33.4 Å². The van der Waals surface area contributed by atoms with Crippen LogP contribution in [0.1, 0.15) is 23.8 Å². The van der Waals surface area contributed by atoms with Crippen LogP contribution in [0.3, 0.4) is 0 Å². The molecule has 0 radical (unpaired) electrons. The summed E-state index contributed by atoms with van der Waals surface area (Å²) in [7, 11) is 1.55. The molecule has 1 heterocycles. The third kappa shape index (κ3) is 1.71. The van der Waals surface area contributed by atoms with Crippen LogP contribution < -0.4 is 10.4 Å². The highest BCUT2D eigenvalue weighted by atomic mass is 16.5. The number of rotatable bonds is 2. The lowest BCUT2D eigenvalue weighted by molar-refractivity contribution is 0.390. The summed E-state index contributed by atoms with van der Waals surface area (Å²) in [5, 5.41) is 0. The zero-order valence-electron chi connectivity index (χ0n) is 8.88. The van der Waals surface area contributed by atoms with Crippen LogP contribution in [0.4, 0.5) is 0 Å². The molecule has 1 aromatic heterocycles. The van der Waals surface area contributed by atoms with Gasteiger partial charge in [0.05, 0.1) is 12.7 Å². The van der Waals surface area contributed by atoms with Crippen LogP contribution in [-0.4, -0.2) is 7.11 Å². The molecule has 0 bridgehead atoms. The van der Waals surface area contributed by atoms with E-state index in [0.717, 1.165) is 5.56 Å². The van der Waals surface area contributed by atoms with E-state index < -0.39 is 0 Å². The van der Waals surface area contributed by atoms with Crippen LogP contribution in [-0.2, 0) is 0 Å². The summed E-state index contributed by atoms with van der Waals surface area (Å²) in [6.07, 6.45) is 3.57. The second-order valence-corrected chi connectivity index (χ2v) is 3.04. The molecule has 1 rings (SSSR count). The van der Waals surface area contributed by atoms with E-state index in [9.17, 15) is 4.79 Å². The van der Waals surface area contributed by atoms with Crippen LogP contribution in [0.15, 0.2) is 15.3 Å². The molecule has 0 saturated heterocycles. The fourth-order valence-corrected chi connectivity index (χ4v) is 1.36. The highest BCUT2D eigenvalue weighted by Crippen LogP contribution is 2.23. The van der Waals surface area contributed by atoms with Crippen molar-refractivity contribution in [3.8, 4) is 5.75 Å². The molecule has 0 aliphatic carbocycles. The lowest BCUT2D eigenvalue weighted by atomic mass is 10.1. The van der Waals surface area contributed by atoms with Crippen molar-refractivity contribution < 1.29 is 9.15 Å². The topological polar surface area (TPSA) is 39.4 Å². The van der Waals surface area contributed by atoms with Gasteiger partial charge in [0.15, 0.2) is 0 Å². The monoisotopic (exact) mass is 194 g/mol. The molecule has 3 heteroatoms. The molecular weight excluding hydrogens is 180 g/mol. The average Bonchev–Trinajstić information content (AvgIpc) is 2.16. The Morgan fingerprint density at radius 3 is 2.43 bits per heavy atom. The van der Waals surface area contributed by atoms with Gasteiger partial charge in [0.1, 0.15) is 11.5 Å². The maximum Gasteiger partial charge on any atom is 0.342 e. The van der Waals surface area contributed by atoms with Crippen LogP contribution in [0.25, 0.3) is 6.08 Å². The highest BCUT2D eigenvalue weighted by Gasteiger charge is 2.11. The van der Waals surface area contributed by atoms with Crippen molar-refractivity contribution in [2.45, 2.75) is 20.8 Å². The Hall–Kier alpha value is -1.51. The number of ether oxygens (including phenoxy) is 1. The minimum Gasteiger partial charge on any atom is -0.496 e. The smallest absolute Gasteiger partial charge is 0.342 e. The molecule has 0 unspecified atom stereocenters. The number of methoxy groups -OCH3 is 1. The number of hydrogen-bond donors (Lipinski definition) is 0. The Bertz CT molecular complexity index is 413. The van der Waals surface area contributed by atoms with E-state index in [0.29, 0.717) is 17.1 Å². The largest absolute Gasteiger partial charge is 0.496 e. The lowest BCUT2D eigenvalue weighted by Crippen LogP contribution is -2.08. The first-order valence-electron chi connectivity index (χ1n) is 4.42. The lowest BCUT2D eigenvalue weighted by Gasteiger charge is -2.08. The molecular formula is C11H14O3. The summed E-state index contributed by atoms with van der Waals surface area (Å²) < 4.78 is 10.2. The molecule has 0 N–H and O–H groups in total. The van der Waals surface area contributed by atoms with Gasteiger partial charge in [-0.1, -0.05) is 6.08 Å². The van der Waals surface area contributed by atoms with Gasteiger partial charge < -0.3 is 9.15 Å². The van der Waals surface area contributed by atoms with Gasteiger partial charge in [-0.25, -0.2) is 4.79 Å². The Labute approximate surface area is 83.0 Å². The van der Waals surface area contributed by atoms with E-state index in [1.165, 1.54) is 0 Å². The van der Waals surface area contributed by atoms with Gasteiger partial charge in [0.2, 0.25) is 0 Å². The standard InChI is InChI=1S/C11H14O3/c1-5-6-9-7(2)10(13-4)8(3)11(12)14-9/h5-6H,1-4H3. The van der Waals surface area contributed by atoms with Gasteiger partial charge in [-0.2, -0.15) is 0 Å². The third-order valence-corrected chi connectivity index (χ3v) is 2.08. The van der Waals surface area contributed by atoms with Crippen molar-refractivity contribution >= 4 is 6.08 Å². The van der Waals surface area contributed by atoms with Crippen molar-refractivity contribution in [3.63, 3.8) is 0 Å². The maximum absolute atomic E-state index is 11.4. The van der Waals surface area contributed by atoms with Crippen LogP contribution >= 0.6 is 0 Å². The predicted molar refractivity (Wildman–Crippen MR) is 55.7 cm³/mol. The third-order valence-electron chi connectivity index (χ3n) is 2.08. The molecule has 3 nitrogen and oxygen atoms in total. The SMILES string of the molecule is CC=Cc1oc(=O)c(C)c(OC)c1C. The van der Waals surface area contributed by atoms with Gasteiger partial charge >= 0.3 is 5.63 Å². The van der Waals surface area contributed by atoms with E-state index in [-0.39, 0.29) is 5.63 Å². The minimum atomic E-state index is -0.347. The second-order valence-electron chi connectivity index (χ2n) is 3.04. The Kier molecular flexibility index (Phi) is 3.12. The first kappa shape index (κ1) is 10.6. The summed E-state index contributed by atoms with van der Waals surface area (Å²) in [4.78, 5) is 11.4. The summed E-state index contributed by atoms with van der Waals surface area (Å²) >= 11 is 0. The molecule has 0 aromatic carbocycles. The van der Waals surface area contributed by atoms with Gasteiger partial charge in [-0.15, -0.1) is 0 Å². The van der Waals surface area contributed by atoms with Crippen molar-refractivity contribution in [1.82, 2.24) is 0 Å². The fraction of sp³-hybridized carbons (Fsp3) is 0.364. The fourth-order valence-electron chi connectivity index (χ4n) is 1.36. The average molecular weight is 194 g/mol. The summed E-state index contributed by atoms with van der Waals surface area (Å²) in [6, 6.07) is 0. The second kappa shape index (κ2) is 4.13. The molecule has 76 valence electrons. The molecule has 0 fully saturated rings. The van der Waals surface area contributed by atoms with E-state index in [1.807, 2.05) is 19.9 Å². The Morgan fingerprint density at radius 1 is 1.29 bits per heavy atom. The zero-order valence-corrected chi connectivity index (χ0v) is 8.88. The van der Waals surface area contributed by atoms with E-state index >= 15 is 0 Å². The first-order valence-corrected chi connectivity index (χ1v) is 4.42. The predicted octanol–water partition coefficient (Wildman–Crippen LogP) is 2.30. The van der Waals surface area contributed by atoms with Crippen LogP contribution in [0.2, 0.25) is 0 Å². The van der Waals surface area contributed by atoms with Gasteiger partial charge in [0.25, 0.3) is 0 Å².